The number of nitrogens with one attached hydrogen (secondary N) is 1. The third-order valence-electron chi connectivity index (χ3n) is 2.46. The Hall–Kier alpha value is -2.87. The molecule has 0 unspecified atom stereocenters. The van der Waals surface area contributed by atoms with E-state index in [1.54, 1.807) is 6.07 Å². The van der Waals surface area contributed by atoms with E-state index in [0.717, 1.165) is 0 Å². The summed E-state index contributed by atoms with van der Waals surface area (Å²) in [6.45, 7) is 0. The molecular weight excluding hydrogens is 228 g/mol. The molecule has 0 aliphatic heterocycles. The molecule has 0 atom stereocenters. The molecule has 0 bridgehead atoms. The van der Waals surface area contributed by atoms with Crippen molar-refractivity contribution in [2.24, 2.45) is 0 Å². The first-order valence-corrected chi connectivity index (χ1v) is 5.33. The van der Waals surface area contributed by atoms with Crippen LogP contribution in [0.25, 0.3) is 11.0 Å². The summed E-state index contributed by atoms with van der Waals surface area (Å²) in [5, 5.41) is 8.85. The first-order chi connectivity index (χ1) is 8.86. The Morgan fingerprint density at radius 1 is 1.17 bits per heavy atom. The number of H-pyrrole nitrogens is 1. The summed E-state index contributed by atoms with van der Waals surface area (Å²) in [5.41, 5.74) is 1.72. The second-order valence-corrected chi connectivity index (χ2v) is 3.65. The van der Waals surface area contributed by atoms with Gasteiger partial charge in [-0.1, -0.05) is 18.2 Å². The zero-order valence-electron chi connectivity index (χ0n) is 9.29. The van der Waals surface area contributed by atoms with Crippen molar-refractivity contribution in [1.82, 2.24) is 15.0 Å². The zero-order chi connectivity index (χ0) is 12.4. The van der Waals surface area contributed by atoms with E-state index >= 15 is 0 Å². The van der Waals surface area contributed by atoms with Gasteiger partial charge >= 0.3 is 0 Å². The number of aromatic amines is 1. The molecule has 0 saturated heterocycles. The average Bonchev–Trinajstić information content (AvgIpc) is 2.84. The minimum atomic E-state index is 0.410. The quantitative estimate of drug-likeness (QED) is 0.742. The van der Waals surface area contributed by atoms with E-state index in [9.17, 15) is 0 Å². The van der Waals surface area contributed by atoms with Crippen molar-refractivity contribution in [2.75, 3.05) is 0 Å². The summed E-state index contributed by atoms with van der Waals surface area (Å²) in [5.74, 6) is 1.10. The highest BCUT2D eigenvalue weighted by atomic mass is 16.5. The lowest BCUT2D eigenvalue weighted by Gasteiger charge is -2.04. The number of ether oxygens (including phenoxy) is 1. The maximum absolute atomic E-state index is 8.85. The van der Waals surface area contributed by atoms with Gasteiger partial charge in [0.05, 0.1) is 5.52 Å². The first kappa shape index (κ1) is 10.3. The van der Waals surface area contributed by atoms with Crippen LogP contribution in [0.15, 0.2) is 42.7 Å². The number of benzene rings is 1. The van der Waals surface area contributed by atoms with Crippen LogP contribution >= 0.6 is 0 Å². The molecular formula is C13H8N4O. The molecule has 2 heterocycles. The summed E-state index contributed by atoms with van der Waals surface area (Å²) < 4.78 is 5.66. The Morgan fingerprint density at radius 2 is 2.00 bits per heavy atom. The van der Waals surface area contributed by atoms with Gasteiger partial charge in [-0.3, -0.25) is 0 Å². The lowest BCUT2D eigenvalue weighted by atomic mass is 10.3. The fourth-order valence-corrected chi connectivity index (χ4v) is 1.65. The van der Waals surface area contributed by atoms with E-state index in [4.69, 9.17) is 10.00 Å². The largest absolute Gasteiger partial charge is 0.437 e. The van der Waals surface area contributed by atoms with Crippen molar-refractivity contribution in [3.05, 3.63) is 48.4 Å². The minimum Gasteiger partial charge on any atom is -0.437 e. The topological polar surface area (TPSA) is 74.6 Å². The number of fused-ring (bicyclic) bond motifs is 1. The van der Waals surface area contributed by atoms with Gasteiger partial charge in [0.1, 0.15) is 29.4 Å². The lowest BCUT2D eigenvalue weighted by molar-refractivity contribution is 0.467. The second-order valence-electron chi connectivity index (χ2n) is 3.65. The van der Waals surface area contributed by atoms with Crippen LogP contribution in [0.2, 0.25) is 0 Å². The van der Waals surface area contributed by atoms with Gasteiger partial charge in [-0.25, -0.2) is 4.98 Å². The third kappa shape index (κ3) is 1.76. The Labute approximate surface area is 103 Å². The van der Waals surface area contributed by atoms with Gasteiger partial charge in [0.2, 0.25) is 5.88 Å². The third-order valence-corrected chi connectivity index (χ3v) is 2.46. The van der Waals surface area contributed by atoms with E-state index in [1.165, 1.54) is 6.33 Å². The Balaban J connectivity index is 2.07. The van der Waals surface area contributed by atoms with E-state index in [-0.39, 0.29) is 0 Å². The lowest BCUT2D eigenvalue weighted by Crippen LogP contribution is -1.90. The number of hydrogen-bond donors (Lipinski definition) is 1. The monoisotopic (exact) mass is 236 g/mol. The normalized spacial score (nSPS) is 10.2. The molecule has 1 N–H and O–H groups in total. The predicted octanol–water partition coefficient (Wildman–Crippen LogP) is 2.62. The number of nitrogens with zero attached hydrogens (tertiary/aromatic N) is 3. The van der Waals surface area contributed by atoms with E-state index < -0.39 is 0 Å². The van der Waals surface area contributed by atoms with E-state index in [0.29, 0.717) is 28.4 Å². The van der Waals surface area contributed by atoms with Crippen molar-refractivity contribution in [3.63, 3.8) is 0 Å². The van der Waals surface area contributed by atoms with Crippen LogP contribution in [0, 0.1) is 11.3 Å². The smallest absolute Gasteiger partial charge is 0.247 e. The molecule has 1 aromatic carbocycles. The van der Waals surface area contributed by atoms with Crippen LogP contribution in [0.3, 0.4) is 0 Å². The SMILES string of the molecule is N#Cc1cc2ncnc(Oc3ccccc3)c2[nH]1. The molecule has 0 amide bonds. The minimum absolute atomic E-state index is 0.410. The van der Waals surface area contributed by atoms with Crippen molar-refractivity contribution in [3.8, 4) is 17.7 Å². The number of rotatable bonds is 2. The molecule has 3 rings (SSSR count). The molecule has 86 valence electrons. The molecule has 0 spiro atoms. The predicted molar refractivity (Wildman–Crippen MR) is 65.1 cm³/mol. The van der Waals surface area contributed by atoms with Crippen molar-refractivity contribution in [1.29, 1.82) is 5.26 Å². The summed E-state index contributed by atoms with van der Waals surface area (Å²) in [6, 6.07) is 13.0. The number of para-hydroxylation sites is 1. The number of aromatic nitrogens is 3. The standard InChI is InChI=1S/C13H8N4O/c14-7-9-6-11-12(17-9)13(16-8-15-11)18-10-4-2-1-3-5-10/h1-6,8,17H. The highest BCUT2D eigenvalue weighted by Crippen LogP contribution is 2.25. The summed E-state index contributed by atoms with van der Waals surface area (Å²) in [7, 11) is 0. The molecule has 0 aliphatic carbocycles. The second kappa shape index (κ2) is 4.18. The van der Waals surface area contributed by atoms with Gasteiger partial charge in [-0.05, 0) is 12.1 Å². The van der Waals surface area contributed by atoms with Gasteiger partial charge in [-0.15, -0.1) is 0 Å². The molecule has 3 aromatic rings. The highest BCUT2D eigenvalue weighted by Gasteiger charge is 2.09. The highest BCUT2D eigenvalue weighted by molar-refractivity contribution is 5.81. The molecule has 5 nitrogen and oxygen atoms in total. The molecule has 0 aliphatic rings. The van der Waals surface area contributed by atoms with Gasteiger partial charge in [0, 0.05) is 6.07 Å². The van der Waals surface area contributed by atoms with Gasteiger partial charge < -0.3 is 9.72 Å². The fraction of sp³-hybridized carbons (Fsp3) is 0. The number of nitriles is 1. The summed E-state index contributed by atoms with van der Waals surface area (Å²) in [4.78, 5) is 11.1. The van der Waals surface area contributed by atoms with Crippen LogP contribution < -0.4 is 4.74 Å². The van der Waals surface area contributed by atoms with Crippen LogP contribution in [-0.4, -0.2) is 15.0 Å². The molecule has 2 aromatic heterocycles. The average molecular weight is 236 g/mol. The van der Waals surface area contributed by atoms with Gasteiger partial charge in [-0.2, -0.15) is 10.2 Å². The fourth-order valence-electron chi connectivity index (χ4n) is 1.65. The van der Waals surface area contributed by atoms with Crippen molar-refractivity contribution >= 4 is 11.0 Å². The maximum Gasteiger partial charge on any atom is 0.247 e. The molecule has 0 saturated carbocycles. The summed E-state index contributed by atoms with van der Waals surface area (Å²) >= 11 is 0. The molecule has 18 heavy (non-hydrogen) atoms. The van der Waals surface area contributed by atoms with Crippen molar-refractivity contribution < 1.29 is 4.74 Å². The Morgan fingerprint density at radius 3 is 2.78 bits per heavy atom. The van der Waals surface area contributed by atoms with E-state index in [1.807, 2.05) is 36.4 Å². The number of hydrogen-bond acceptors (Lipinski definition) is 4. The first-order valence-electron chi connectivity index (χ1n) is 5.33. The van der Waals surface area contributed by atoms with Crippen LogP contribution in [0.5, 0.6) is 11.6 Å². The maximum atomic E-state index is 8.85. The van der Waals surface area contributed by atoms with Crippen LogP contribution in [0.4, 0.5) is 0 Å². The molecule has 0 fully saturated rings. The Bertz CT molecular complexity index is 728. The Kier molecular flexibility index (Phi) is 2.39. The van der Waals surface area contributed by atoms with E-state index in [2.05, 4.69) is 15.0 Å². The van der Waals surface area contributed by atoms with Gasteiger partial charge in [0.15, 0.2) is 0 Å². The van der Waals surface area contributed by atoms with Gasteiger partial charge in [0.25, 0.3) is 0 Å². The van der Waals surface area contributed by atoms with Crippen LogP contribution in [0.1, 0.15) is 5.69 Å². The molecule has 5 heteroatoms. The van der Waals surface area contributed by atoms with Crippen LogP contribution in [-0.2, 0) is 0 Å². The summed E-state index contributed by atoms with van der Waals surface area (Å²) in [6.07, 6.45) is 1.41. The van der Waals surface area contributed by atoms with Crippen molar-refractivity contribution in [2.45, 2.75) is 0 Å². The zero-order valence-corrected chi connectivity index (χ0v) is 9.29. The molecule has 0 radical (unpaired) electrons.